The van der Waals surface area contributed by atoms with E-state index in [4.69, 9.17) is 5.11 Å². The number of carbonyl (C=O) groups is 1. The Balaban J connectivity index is 2.66. The summed E-state index contributed by atoms with van der Waals surface area (Å²) in [5.41, 5.74) is 2.22. The molecule has 92 valence electrons. The van der Waals surface area contributed by atoms with Crippen molar-refractivity contribution in [2.45, 2.75) is 13.3 Å². The third-order valence-corrected chi connectivity index (χ3v) is 2.90. The van der Waals surface area contributed by atoms with Crippen LogP contribution in [-0.4, -0.2) is 16.2 Å². The highest BCUT2D eigenvalue weighted by Gasteiger charge is 2.13. The van der Waals surface area contributed by atoms with E-state index in [1.165, 1.54) is 12.1 Å². The van der Waals surface area contributed by atoms with Gasteiger partial charge in [-0.1, -0.05) is 37.3 Å². The van der Waals surface area contributed by atoms with Crippen LogP contribution in [0.1, 0.15) is 22.8 Å². The Hall–Kier alpha value is -2.29. The van der Waals surface area contributed by atoms with Crippen molar-refractivity contribution in [2.75, 3.05) is 0 Å². The summed E-state index contributed by atoms with van der Waals surface area (Å²) in [6.45, 7) is 1.88. The molecule has 2 N–H and O–H groups in total. The van der Waals surface area contributed by atoms with Crippen LogP contribution in [0.2, 0.25) is 0 Å². The van der Waals surface area contributed by atoms with E-state index in [9.17, 15) is 9.90 Å². The van der Waals surface area contributed by atoms with Gasteiger partial charge in [0, 0.05) is 5.56 Å². The number of carboxylic acid groups (broad SMARTS) is 1. The first-order valence-corrected chi connectivity index (χ1v) is 5.78. The molecule has 0 heterocycles. The molecule has 0 aliphatic heterocycles. The molecular formula is C15H14O3. The third-order valence-electron chi connectivity index (χ3n) is 2.90. The smallest absolute Gasteiger partial charge is 0.335 e. The summed E-state index contributed by atoms with van der Waals surface area (Å²) >= 11 is 0. The van der Waals surface area contributed by atoms with Crippen molar-refractivity contribution in [2.24, 2.45) is 0 Å². The number of benzene rings is 2. The molecule has 0 fully saturated rings. The Morgan fingerprint density at radius 3 is 2.39 bits per heavy atom. The monoisotopic (exact) mass is 242 g/mol. The molecular weight excluding hydrogens is 228 g/mol. The molecule has 0 saturated heterocycles. The van der Waals surface area contributed by atoms with Gasteiger partial charge in [-0.05, 0) is 29.7 Å². The largest absolute Gasteiger partial charge is 0.507 e. The predicted molar refractivity (Wildman–Crippen MR) is 69.9 cm³/mol. The Kier molecular flexibility index (Phi) is 3.33. The lowest BCUT2D eigenvalue weighted by Crippen LogP contribution is -1.99. The van der Waals surface area contributed by atoms with E-state index < -0.39 is 5.97 Å². The molecule has 0 unspecified atom stereocenters. The zero-order valence-corrected chi connectivity index (χ0v) is 10.1. The lowest BCUT2D eigenvalue weighted by molar-refractivity contribution is 0.0697. The Bertz CT molecular complexity index is 574. The second kappa shape index (κ2) is 4.92. The SMILES string of the molecule is CCc1cc(C(=O)O)cc(-c2ccccc2)c1O. The standard InChI is InChI=1S/C15H14O3/c1-2-10-8-12(15(17)18)9-13(14(10)16)11-6-4-3-5-7-11/h3-9,16H,2H2,1H3,(H,17,18). The van der Waals surface area contributed by atoms with Crippen molar-refractivity contribution in [3.05, 3.63) is 53.6 Å². The van der Waals surface area contributed by atoms with E-state index in [2.05, 4.69) is 0 Å². The molecule has 2 aromatic rings. The van der Waals surface area contributed by atoms with Crippen molar-refractivity contribution in [1.82, 2.24) is 0 Å². The fourth-order valence-electron chi connectivity index (χ4n) is 1.93. The molecule has 3 nitrogen and oxygen atoms in total. The van der Waals surface area contributed by atoms with Gasteiger partial charge in [0.25, 0.3) is 0 Å². The van der Waals surface area contributed by atoms with Crippen LogP contribution in [0.5, 0.6) is 5.75 Å². The summed E-state index contributed by atoms with van der Waals surface area (Å²) in [7, 11) is 0. The number of aryl methyl sites for hydroxylation is 1. The average molecular weight is 242 g/mol. The molecule has 0 amide bonds. The molecule has 0 bridgehead atoms. The molecule has 0 aliphatic carbocycles. The van der Waals surface area contributed by atoms with Crippen LogP contribution < -0.4 is 0 Å². The van der Waals surface area contributed by atoms with E-state index in [1.54, 1.807) is 0 Å². The van der Waals surface area contributed by atoms with Gasteiger partial charge >= 0.3 is 5.97 Å². The van der Waals surface area contributed by atoms with Crippen molar-refractivity contribution in [3.63, 3.8) is 0 Å². The molecule has 0 radical (unpaired) electrons. The fourth-order valence-corrected chi connectivity index (χ4v) is 1.93. The molecule has 0 spiro atoms. The minimum Gasteiger partial charge on any atom is -0.507 e. The van der Waals surface area contributed by atoms with Crippen molar-refractivity contribution < 1.29 is 15.0 Å². The maximum Gasteiger partial charge on any atom is 0.335 e. The number of hydrogen-bond acceptors (Lipinski definition) is 2. The minimum atomic E-state index is -0.984. The lowest BCUT2D eigenvalue weighted by Gasteiger charge is -2.10. The lowest BCUT2D eigenvalue weighted by atomic mass is 9.97. The van der Waals surface area contributed by atoms with Gasteiger partial charge in [-0.2, -0.15) is 0 Å². The number of phenolic OH excluding ortho intramolecular Hbond substituents is 1. The topological polar surface area (TPSA) is 57.5 Å². The maximum absolute atomic E-state index is 11.1. The van der Waals surface area contributed by atoms with Crippen LogP contribution in [-0.2, 0) is 6.42 Å². The van der Waals surface area contributed by atoms with Gasteiger partial charge in [-0.15, -0.1) is 0 Å². The van der Waals surface area contributed by atoms with E-state index >= 15 is 0 Å². The van der Waals surface area contributed by atoms with Crippen LogP contribution >= 0.6 is 0 Å². The summed E-state index contributed by atoms with van der Waals surface area (Å²) in [6, 6.07) is 12.3. The highest BCUT2D eigenvalue weighted by molar-refractivity contribution is 5.91. The summed E-state index contributed by atoms with van der Waals surface area (Å²) in [4.78, 5) is 11.1. The van der Waals surface area contributed by atoms with Crippen molar-refractivity contribution in [3.8, 4) is 16.9 Å². The van der Waals surface area contributed by atoms with Gasteiger partial charge in [-0.25, -0.2) is 4.79 Å². The van der Waals surface area contributed by atoms with Gasteiger partial charge in [0.2, 0.25) is 0 Å². The molecule has 3 heteroatoms. The quantitative estimate of drug-likeness (QED) is 0.868. The van der Waals surface area contributed by atoms with Crippen LogP contribution in [0.4, 0.5) is 0 Å². The molecule has 0 aromatic heterocycles. The minimum absolute atomic E-state index is 0.161. The first kappa shape index (κ1) is 12.2. The van der Waals surface area contributed by atoms with E-state index in [0.717, 1.165) is 5.56 Å². The second-order valence-electron chi connectivity index (χ2n) is 4.06. The molecule has 2 rings (SSSR count). The van der Waals surface area contributed by atoms with E-state index in [1.807, 2.05) is 37.3 Å². The van der Waals surface area contributed by atoms with Crippen LogP contribution in [0, 0.1) is 0 Å². The number of phenols is 1. The zero-order valence-electron chi connectivity index (χ0n) is 10.1. The van der Waals surface area contributed by atoms with Crippen LogP contribution in [0.25, 0.3) is 11.1 Å². The Morgan fingerprint density at radius 1 is 1.17 bits per heavy atom. The summed E-state index contributed by atoms with van der Waals surface area (Å²) in [5.74, 6) is -0.824. The number of rotatable bonds is 3. The molecule has 2 aromatic carbocycles. The summed E-state index contributed by atoms with van der Waals surface area (Å²) < 4.78 is 0. The molecule has 0 saturated carbocycles. The molecule has 18 heavy (non-hydrogen) atoms. The first-order chi connectivity index (χ1) is 8.63. The van der Waals surface area contributed by atoms with E-state index in [0.29, 0.717) is 17.5 Å². The van der Waals surface area contributed by atoms with Crippen molar-refractivity contribution in [1.29, 1.82) is 0 Å². The van der Waals surface area contributed by atoms with Crippen LogP contribution in [0.15, 0.2) is 42.5 Å². The normalized spacial score (nSPS) is 10.3. The Morgan fingerprint density at radius 2 is 1.83 bits per heavy atom. The molecule has 0 aliphatic rings. The van der Waals surface area contributed by atoms with Gasteiger partial charge < -0.3 is 10.2 Å². The van der Waals surface area contributed by atoms with Gasteiger partial charge in [0.15, 0.2) is 0 Å². The number of hydrogen-bond donors (Lipinski definition) is 2. The van der Waals surface area contributed by atoms with Gasteiger partial charge in [-0.3, -0.25) is 0 Å². The number of aromatic hydroxyl groups is 1. The fraction of sp³-hybridized carbons (Fsp3) is 0.133. The highest BCUT2D eigenvalue weighted by atomic mass is 16.4. The second-order valence-corrected chi connectivity index (χ2v) is 4.06. The van der Waals surface area contributed by atoms with Crippen LogP contribution in [0.3, 0.4) is 0 Å². The van der Waals surface area contributed by atoms with Gasteiger partial charge in [0.05, 0.1) is 5.56 Å². The molecule has 0 atom stereocenters. The average Bonchev–Trinajstić information content (AvgIpc) is 2.39. The first-order valence-electron chi connectivity index (χ1n) is 5.78. The predicted octanol–water partition coefficient (Wildman–Crippen LogP) is 3.32. The number of aromatic carboxylic acids is 1. The zero-order chi connectivity index (χ0) is 13.1. The highest BCUT2D eigenvalue weighted by Crippen LogP contribution is 2.33. The van der Waals surface area contributed by atoms with Gasteiger partial charge in [0.1, 0.15) is 5.75 Å². The summed E-state index contributed by atoms with van der Waals surface area (Å²) in [6.07, 6.45) is 0.590. The summed E-state index contributed by atoms with van der Waals surface area (Å²) in [5, 5.41) is 19.2. The number of carboxylic acids is 1. The third kappa shape index (κ3) is 2.20. The maximum atomic E-state index is 11.1. The van der Waals surface area contributed by atoms with Crippen molar-refractivity contribution >= 4 is 5.97 Å². The van der Waals surface area contributed by atoms with E-state index in [-0.39, 0.29) is 11.3 Å². The Labute approximate surface area is 105 Å².